The minimum Gasteiger partial charge on any atom is -0.263 e. The molecule has 1 heterocycles. The molecule has 0 N–H and O–H groups in total. The molecule has 1 aromatic carbocycles. The highest BCUT2D eigenvalue weighted by atomic mass is 35.5. The Hall–Kier alpha value is -1.95. The van der Waals surface area contributed by atoms with Crippen LogP contribution in [0.25, 0.3) is 0 Å². The van der Waals surface area contributed by atoms with Crippen LogP contribution >= 0.6 is 11.6 Å². The fourth-order valence-corrected chi connectivity index (χ4v) is 2.14. The summed E-state index contributed by atoms with van der Waals surface area (Å²) in [5, 5.41) is -0.103. The van der Waals surface area contributed by atoms with E-state index in [1.54, 1.807) is 13.8 Å². The summed E-state index contributed by atoms with van der Waals surface area (Å²) in [5.74, 6) is -2.32. The third-order valence-corrected chi connectivity index (χ3v) is 3.21. The van der Waals surface area contributed by atoms with E-state index in [0.29, 0.717) is 5.56 Å². The van der Waals surface area contributed by atoms with Crippen molar-refractivity contribution in [3.8, 4) is 0 Å². The zero-order valence-electron chi connectivity index (χ0n) is 10.9. The number of imide groups is 2. The van der Waals surface area contributed by atoms with Gasteiger partial charge in [-0.15, -0.1) is 0 Å². The van der Waals surface area contributed by atoms with Gasteiger partial charge in [0.2, 0.25) is 0 Å². The van der Waals surface area contributed by atoms with Crippen molar-refractivity contribution < 1.29 is 18.8 Å². The second-order valence-electron chi connectivity index (χ2n) is 4.69. The van der Waals surface area contributed by atoms with E-state index in [0.717, 1.165) is 15.9 Å². The Balaban J connectivity index is 2.25. The van der Waals surface area contributed by atoms with Crippen molar-refractivity contribution in [2.24, 2.45) is 0 Å². The first-order valence-electron chi connectivity index (χ1n) is 5.96. The number of halogens is 2. The number of rotatable bonds is 3. The van der Waals surface area contributed by atoms with Crippen LogP contribution < -0.4 is 0 Å². The molecule has 0 bridgehead atoms. The van der Waals surface area contributed by atoms with Gasteiger partial charge in [0.25, 0.3) is 0 Å². The van der Waals surface area contributed by atoms with Crippen molar-refractivity contribution >= 4 is 29.4 Å². The fraction of sp³-hybridized carbons (Fsp3) is 0.308. The second kappa shape index (κ2) is 5.20. The predicted molar refractivity (Wildman–Crippen MR) is 69.3 cm³/mol. The Morgan fingerprint density at radius 2 is 1.85 bits per heavy atom. The highest BCUT2D eigenvalue weighted by Crippen LogP contribution is 2.21. The van der Waals surface area contributed by atoms with Gasteiger partial charge in [-0.05, 0) is 31.5 Å². The standard InChI is InChI=1S/C13H12ClFN2O3/c1-7(2)17-12(19)11(18)16(13(17)20)6-8-3-4-10(15)9(14)5-8/h3-5,7H,6H2,1-2H3. The average molecular weight is 299 g/mol. The SMILES string of the molecule is CC(C)N1C(=O)C(=O)N(Cc2ccc(F)c(Cl)c2)C1=O. The Morgan fingerprint density at radius 1 is 1.20 bits per heavy atom. The van der Waals surface area contributed by atoms with Gasteiger partial charge in [0, 0.05) is 6.04 Å². The third kappa shape index (κ3) is 2.38. The molecule has 7 heteroatoms. The molecule has 1 aliphatic heterocycles. The van der Waals surface area contributed by atoms with Gasteiger partial charge in [-0.2, -0.15) is 0 Å². The van der Waals surface area contributed by atoms with Crippen LogP contribution in [-0.4, -0.2) is 33.7 Å². The zero-order valence-corrected chi connectivity index (χ0v) is 11.6. The summed E-state index contributed by atoms with van der Waals surface area (Å²) in [7, 11) is 0. The molecule has 0 saturated carbocycles. The van der Waals surface area contributed by atoms with Crippen LogP contribution in [0.1, 0.15) is 19.4 Å². The van der Waals surface area contributed by atoms with Gasteiger partial charge < -0.3 is 0 Å². The first kappa shape index (κ1) is 14.5. The van der Waals surface area contributed by atoms with E-state index < -0.39 is 29.7 Å². The molecular formula is C13H12ClFN2O3. The smallest absolute Gasteiger partial charge is 0.263 e. The van der Waals surface area contributed by atoms with E-state index in [9.17, 15) is 18.8 Å². The van der Waals surface area contributed by atoms with Gasteiger partial charge in [0.05, 0.1) is 11.6 Å². The van der Waals surface area contributed by atoms with E-state index in [1.807, 2.05) is 0 Å². The highest BCUT2D eigenvalue weighted by molar-refractivity contribution is 6.44. The van der Waals surface area contributed by atoms with Crippen LogP contribution in [0.4, 0.5) is 9.18 Å². The minimum absolute atomic E-state index is 0.103. The number of hydrogen-bond acceptors (Lipinski definition) is 3. The molecule has 0 unspecified atom stereocenters. The first-order chi connectivity index (χ1) is 9.32. The van der Waals surface area contributed by atoms with Gasteiger partial charge in [0.15, 0.2) is 0 Å². The Kier molecular flexibility index (Phi) is 3.76. The lowest BCUT2D eigenvalue weighted by atomic mass is 10.2. The average Bonchev–Trinajstić information content (AvgIpc) is 2.58. The van der Waals surface area contributed by atoms with E-state index >= 15 is 0 Å². The van der Waals surface area contributed by atoms with E-state index in [-0.39, 0.29) is 11.6 Å². The normalized spacial score (nSPS) is 15.8. The topological polar surface area (TPSA) is 57.7 Å². The molecule has 0 aliphatic carbocycles. The minimum atomic E-state index is -0.885. The van der Waals surface area contributed by atoms with Crippen LogP contribution in [0.3, 0.4) is 0 Å². The number of urea groups is 1. The summed E-state index contributed by atoms with van der Waals surface area (Å²) in [6.45, 7) is 3.16. The molecule has 0 spiro atoms. The number of amides is 4. The van der Waals surface area contributed by atoms with Crippen molar-refractivity contribution in [2.45, 2.75) is 26.4 Å². The molecule has 5 nitrogen and oxygen atoms in total. The van der Waals surface area contributed by atoms with Gasteiger partial charge in [-0.1, -0.05) is 17.7 Å². The molecule has 0 aromatic heterocycles. The van der Waals surface area contributed by atoms with Gasteiger partial charge >= 0.3 is 17.8 Å². The van der Waals surface area contributed by atoms with E-state index in [2.05, 4.69) is 0 Å². The summed E-state index contributed by atoms with van der Waals surface area (Å²) >= 11 is 5.64. The van der Waals surface area contributed by atoms with Gasteiger partial charge in [-0.3, -0.25) is 19.4 Å². The summed E-state index contributed by atoms with van der Waals surface area (Å²) < 4.78 is 13.1. The molecule has 20 heavy (non-hydrogen) atoms. The summed E-state index contributed by atoms with van der Waals surface area (Å²) in [4.78, 5) is 37.2. The van der Waals surface area contributed by atoms with Crippen LogP contribution in [-0.2, 0) is 16.1 Å². The largest absolute Gasteiger partial charge is 0.334 e. The Labute approximate surface area is 119 Å². The lowest BCUT2D eigenvalue weighted by Crippen LogP contribution is -2.37. The maximum Gasteiger partial charge on any atom is 0.334 e. The van der Waals surface area contributed by atoms with Crippen molar-refractivity contribution in [3.63, 3.8) is 0 Å². The molecule has 1 saturated heterocycles. The highest BCUT2D eigenvalue weighted by Gasteiger charge is 2.45. The maximum absolute atomic E-state index is 13.1. The molecule has 1 fully saturated rings. The quantitative estimate of drug-likeness (QED) is 0.635. The van der Waals surface area contributed by atoms with Crippen molar-refractivity contribution in [1.29, 1.82) is 0 Å². The summed E-state index contributed by atoms with van der Waals surface area (Å²) in [5.41, 5.74) is 0.469. The molecule has 4 amide bonds. The van der Waals surface area contributed by atoms with Crippen LogP contribution in [0.15, 0.2) is 18.2 Å². The van der Waals surface area contributed by atoms with E-state index in [4.69, 9.17) is 11.6 Å². The second-order valence-corrected chi connectivity index (χ2v) is 5.10. The number of carbonyl (C=O) groups excluding carboxylic acids is 3. The molecule has 1 aromatic rings. The molecule has 2 rings (SSSR count). The number of nitrogens with zero attached hydrogens (tertiary/aromatic N) is 2. The zero-order chi connectivity index (χ0) is 15.0. The van der Waals surface area contributed by atoms with Crippen LogP contribution in [0.5, 0.6) is 0 Å². The lowest BCUT2D eigenvalue weighted by Gasteiger charge is -2.18. The Bertz CT molecular complexity index is 603. The summed E-state index contributed by atoms with van der Waals surface area (Å²) in [6, 6.07) is 2.80. The lowest BCUT2D eigenvalue weighted by molar-refractivity contribution is -0.144. The molecule has 106 valence electrons. The number of carbonyl (C=O) groups is 3. The van der Waals surface area contributed by atoms with Crippen LogP contribution in [0.2, 0.25) is 5.02 Å². The molecule has 0 atom stereocenters. The van der Waals surface area contributed by atoms with Crippen LogP contribution in [0, 0.1) is 5.82 Å². The van der Waals surface area contributed by atoms with Gasteiger partial charge in [-0.25, -0.2) is 9.18 Å². The number of hydrogen-bond donors (Lipinski definition) is 0. The molecule has 1 aliphatic rings. The number of benzene rings is 1. The van der Waals surface area contributed by atoms with Crippen molar-refractivity contribution in [1.82, 2.24) is 9.80 Å². The third-order valence-electron chi connectivity index (χ3n) is 2.92. The maximum atomic E-state index is 13.1. The molecule has 0 radical (unpaired) electrons. The van der Waals surface area contributed by atoms with Gasteiger partial charge in [0.1, 0.15) is 5.82 Å². The monoisotopic (exact) mass is 298 g/mol. The van der Waals surface area contributed by atoms with Crippen molar-refractivity contribution in [2.75, 3.05) is 0 Å². The predicted octanol–water partition coefficient (Wildman–Crippen LogP) is 2.18. The van der Waals surface area contributed by atoms with Crippen molar-refractivity contribution in [3.05, 3.63) is 34.6 Å². The first-order valence-corrected chi connectivity index (χ1v) is 6.33. The van der Waals surface area contributed by atoms with E-state index in [1.165, 1.54) is 12.1 Å². The summed E-state index contributed by atoms with van der Waals surface area (Å²) in [6.07, 6.45) is 0. The molecular weight excluding hydrogens is 287 g/mol. The Morgan fingerprint density at radius 3 is 2.35 bits per heavy atom. The fourth-order valence-electron chi connectivity index (χ4n) is 1.94.